The van der Waals surface area contributed by atoms with E-state index < -0.39 is 0 Å². The summed E-state index contributed by atoms with van der Waals surface area (Å²) in [4.78, 5) is 7.15. The lowest BCUT2D eigenvalue weighted by Crippen LogP contribution is -2.17. The average molecular weight is 219 g/mol. The van der Waals surface area contributed by atoms with Crippen molar-refractivity contribution in [3.63, 3.8) is 0 Å². The fraction of sp³-hybridized carbons (Fsp3) is 0.250. The number of nitrogens with one attached hydrogen (secondary N) is 2. The van der Waals surface area contributed by atoms with Gasteiger partial charge in [-0.05, 0) is 17.7 Å². The van der Waals surface area contributed by atoms with Crippen LogP contribution in [0.4, 0.5) is 4.39 Å². The Balaban J connectivity index is 1.72. The first-order valence-electron chi connectivity index (χ1n) is 5.28. The van der Waals surface area contributed by atoms with E-state index >= 15 is 0 Å². The van der Waals surface area contributed by atoms with E-state index in [2.05, 4.69) is 15.3 Å². The van der Waals surface area contributed by atoms with Gasteiger partial charge in [-0.2, -0.15) is 0 Å². The molecule has 0 fully saturated rings. The van der Waals surface area contributed by atoms with E-state index in [-0.39, 0.29) is 5.82 Å². The molecule has 16 heavy (non-hydrogen) atoms. The maximum atomic E-state index is 12.9. The molecule has 2 aromatic rings. The van der Waals surface area contributed by atoms with Crippen LogP contribution in [0.25, 0.3) is 0 Å². The van der Waals surface area contributed by atoms with E-state index in [4.69, 9.17) is 0 Å². The quantitative estimate of drug-likeness (QED) is 0.754. The molecule has 0 aliphatic heterocycles. The highest BCUT2D eigenvalue weighted by atomic mass is 19.1. The summed E-state index contributed by atoms with van der Waals surface area (Å²) in [5, 5.41) is 3.24. The third kappa shape index (κ3) is 3.17. The van der Waals surface area contributed by atoms with Crippen molar-refractivity contribution < 1.29 is 4.39 Å². The summed E-state index contributed by atoms with van der Waals surface area (Å²) in [6.45, 7) is 1.50. The lowest BCUT2D eigenvalue weighted by atomic mass is 10.2. The average Bonchev–Trinajstić information content (AvgIpc) is 2.77. The second kappa shape index (κ2) is 5.42. The highest BCUT2D eigenvalue weighted by Gasteiger charge is 1.96. The van der Waals surface area contributed by atoms with Crippen molar-refractivity contribution in [1.29, 1.82) is 0 Å². The summed E-state index contributed by atoms with van der Waals surface area (Å²) in [6.07, 6.45) is 4.39. The summed E-state index contributed by atoms with van der Waals surface area (Å²) in [6, 6.07) is 6.62. The van der Waals surface area contributed by atoms with Gasteiger partial charge in [0.25, 0.3) is 0 Å². The molecule has 0 unspecified atom stereocenters. The van der Waals surface area contributed by atoms with Crippen molar-refractivity contribution in [2.24, 2.45) is 0 Å². The molecular weight excluding hydrogens is 205 g/mol. The molecule has 0 atom stereocenters. The molecule has 0 radical (unpaired) electrons. The lowest BCUT2D eigenvalue weighted by Gasteiger charge is -2.03. The molecule has 4 heteroatoms. The Labute approximate surface area is 93.7 Å². The van der Waals surface area contributed by atoms with Crippen LogP contribution in [0.5, 0.6) is 0 Å². The first kappa shape index (κ1) is 10.8. The molecule has 1 aromatic heterocycles. The van der Waals surface area contributed by atoms with Gasteiger partial charge in [-0.1, -0.05) is 12.1 Å². The standard InChI is InChI=1S/C12H14FN3/c13-11-3-1-2-10(8-11)9-14-5-4-12-15-6-7-16-12/h1-3,6-8,14H,4-5,9H2,(H,15,16). The molecule has 0 saturated heterocycles. The summed E-state index contributed by atoms with van der Waals surface area (Å²) >= 11 is 0. The van der Waals surface area contributed by atoms with E-state index in [1.807, 2.05) is 12.3 Å². The van der Waals surface area contributed by atoms with Crippen molar-refractivity contribution in [3.05, 3.63) is 53.9 Å². The molecule has 0 spiro atoms. The van der Waals surface area contributed by atoms with Crippen LogP contribution in [0, 0.1) is 5.82 Å². The Bertz CT molecular complexity index is 426. The molecule has 3 nitrogen and oxygen atoms in total. The van der Waals surface area contributed by atoms with Crippen LogP contribution in [0.1, 0.15) is 11.4 Å². The molecule has 0 saturated carbocycles. The number of nitrogens with zero attached hydrogens (tertiary/aromatic N) is 1. The van der Waals surface area contributed by atoms with Crippen LogP contribution in [-0.2, 0) is 13.0 Å². The van der Waals surface area contributed by atoms with Gasteiger partial charge in [-0.15, -0.1) is 0 Å². The van der Waals surface area contributed by atoms with Gasteiger partial charge in [0.2, 0.25) is 0 Å². The summed E-state index contributed by atoms with van der Waals surface area (Å²) in [5.74, 6) is 0.775. The lowest BCUT2D eigenvalue weighted by molar-refractivity contribution is 0.619. The molecule has 0 amide bonds. The molecule has 0 aliphatic rings. The normalized spacial score (nSPS) is 10.6. The van der Waals surface area contributed by atoms with Gasteiger partial charge in [-0.3, -0.25) is 0 Å². The minimum atomic E-state index is -0.190. The van der Waals surface area contributed by atoms with Crippen LogP contribution in [0.3, 0.4) is 0 Å². The predicted molar refractivity (Wildman–Crippen MR) is 60.4 cm³/mol. The first-order chi connectivity index (χ1) is 7.84. The SMILES string of the molecule is Fc1cccc(CNCCc2ncc[nH]2)c1. The highest BCUT2D eigenvalue weighted by Crippen LogP contribution is 2.02. The van der Waals surface area contributed by atoms with Gasteiger partial charge in [0, 0.05) is 31.9 Å². The number of rotatable bonds is 5. The summed E-state index contributed by atoms with van der Waals surface area (Å²) in [5.41, 5.74) is 0.958. The van der Waals surface area contributed by atoms with Gasteiger partial charge < -0.3 is 10.3 Å². The van der Waals surface area contributed by atoms with E-state index in [1.165, 1.54) is 6.07 Å². The molecule has 0 bridgehead atoms. The number of hydrogen-bond donors (Lipinski definition) is 2. The fourth-order valence-electron chi connectivity index (χ4n) is 1.52. The number of aromatic nitrogens is 2. The van der Waals surface area contributed by atoms with Crippen molar-refractivity contribution in [3.8, 4) is 0 Å². The number of halogens is 1. The van der Waals surface area contributed by atoms with Gasteiger partial charge in [0.1, 0.15) is 11.6 Å². The fourth-order valence-corrected chi connectivity index (χ4v) is 1.52. The Morgan fingerprint density at radius 3 is 3.06 bits per heavy atom. The Hall–Kier alpha value is -1.68. The van der Waals surface area contributed by atoms with Crippen LogP contribution >= 0.6 is 0 Å². The molecule has 1 heterocycles. The van der Waals surface area contributed by atoms with Crippen molar-refractivity contribution in [2.45, 2.75) is 13.0 Å². The zero-order valence-electron chi connectivity index (χ0n) is 8.91. The minimum Gasteiger partial charge on any atom is -0.349 e. The number of aromatic amines is 1. The number of benzene rings is 1. The van der Waals surface area contributed by atoms with Gasteiger partial charge >= 0.3 is 0 Å². The molecule has 84 valence electrons. The minimum absolute atomic E-state index is 0.190. The molecule has 2 rings (SSSR count). The van der Waals surface area contributed by atoms with E-state index in [9.17, 15) is 4.39 Å². The Morgan fingerprint density at radius 1 is 1.38 bits per heavy atom. The first-order valence-corrected chi connectivity index (χ1v) is 5.28. The zero-order chi connectivity index (χ0) is 11.2. The van der Waals surface area contributed by atoms with Crippen molar-refractivity contribution in [2.75, 3.05) is 6.54 Å². The predicted octanol–water partition coefficient (Wildman–Crippen LogP) is 1.88. The second-order valence-electron chi connectivity index (χ2n) is 3.59. The summed E-state index contributed by atoms with van der Waals surface area (Å²) < 4.78 is 12.9. The molecule has 0 aliphatic carbocycles. The maximum absolute atomic E-state index is 12.9. The highest BCUT2D eigenvalue weighted by molar-refractivity contribution is 5.15. The Kier molecular flexibility index (Phi) is 3.66. The van der Waals surface area contributed by atoms with E-state index in [0.29, 0.717) is 6.54 Å². The van der Waals surface area contributed by atoms with Gasteiger partial charge in [-0.25, -0.2) is 9.37 Å². The van der Waals surface area contributed by atoms with Crippen LogP contribution in [-0.4, -0.2) is 16.5 Å². The topological polar surface area (TPSA) is 40.7 Å². The smallest absolute Gasteiger partial charge is 0.123 e. The third-order valence-corrected chi connectivity index (χ3v) is 2.31. The monoisotopic (exact) mass is 219 g/mol. The van der Waals surface area contributed by atoms with Crippen molar-refractivity contribution >= 4 is 0 Å². The van der Waals surface area contributed by atoms with Crippen molar-refractivity contribution in [1.82, 2.24) is 15.3 Å². The zero-order valence-corrected chi connectivity index (χ0v) is 8.91. The second-order valence-corrected chi connectivity index (χ2v) is 3.59. The largest absolute Gasteiger partial charge is 0.349 e. The Morgan fingerprint density at radius 2 is 2.31 bits per heavy atom. The van der Waals surface area contributed by atoms with Crippen LogP contribution in [0.15, 0.2) is 36.7 Å². The maximum Gasteiger partial charge on any atom is 0.123 e. The number of hydrogen-bond acceptors (Lipinski definition) is 2. The third-order valence-electron chi connectivity index (χ3n) is 2.31. The summed E-state index contributed by atoms with van der Waals surface area (Å²) in [7, 11) is 0. The number of H-pyrrole nitrogens is 1. The van der Waals surface area contributed by atoms with E-state index in [1.54, 1.807) is 18.3 Å². The molecule has 2 N–H and O–H groups in total. The molecular formula is C12H14FN3. The number of imidazole rings is 1. The van der Waals surface area contributed by atoms with Crippen LogP contribution in [0.2, 0.25) is 0 Å². The van der Waals surface area contributed by atoms with Gasteiger partial charge in [0.05, 0.1) is 0 Å². The van der Waals surface area contributed by atoms with Gasteiger partial charge in [0.15, 0.2) is 0 Å². The van der Waals surface area contributed by atoms with E-state index in [0.717, 1.165) is 24.4 Å². The van der Waals surface area contributed by atoms with Crippen LogP contribution < -0.4 is 5.32 Å². The molecule has 1 aromatic carbocycles.